The Bertz CT molecular complexity index is 2980. The highest BCUT2D eigenvalue weighted by atomic mass is 32.1. The smallest absolute Gasteiger partial charge is 0.178 e. The van der Waals surface area contributed by atoms with E-state index in [1.807, 2.05) is 24.3 Å². The van der Waals surface area contributed by atoms with E-state index in [1.54, 1.807) is 11.3 Å². The molecule has 0 fully saturated rings. The summed E-state index contributed by atoms with van der Waals surface area (Å²) in [6, 6.07) is 55.1. The molecule has 5 heteroatoms. The van der Waals surface area contributed by atoms with Crippen LogP contribution in [0.5, 0.6) is 23.0 Å². The molecule has 0 atom stereocenters. The first-order valence-corrected chi connectivity index (χ1v) is 19.0. The van der Waals surface area contributed by atoms with Crippen molar-refractivity contribution in [3.05, 3.63) is 169 Å². The zero-order valence-electron chi connectivity index (χ0n) is 29.6. The lowest BCUT2D eigenvalue weighted by Crippen LogP contribution is -2.15. The Kier molecular flexibility index (Phi) is 6.73. The molecule has 256 valence electrons. The minimum absolute atomic E-state index is 0.142. The highest BCUT2D eigenvalue weighted by Crippen LogP contribution is 2.59. The van der Waals surface area contributed by atoms with E-state index in [2.05, 4.69) is 147 Å². The van der Waals surface area contributed by atoms with Crippen LogP contribution in [-0.2, 0) is 5.41 Å². The van der Waals surface area contributed by atoms with E-state index < -0.39 is 0 Å². The number of para-hydroxylation sites is 1. The average molecular weight is 713 g/mol. The van der Waals surface area contributed by atoms with Crippen molar-refractivity contribution >= 4 is 31.5 Å². The molecule has 0 N–H and O–H groups in total. The minimum Gasteiger partial charge on any atom is -0.449 e. The van der Waals surface area contributed by atoms with Gasteiger partial charge in [0.2, 0.25) is 0 Å². The molecule has 54 heavy (non-hydrogen) atoms. The van der Waals surface area contributed by atoms with Crippen LogP contribution in [0.4, 0.5) is 0 Å². The summed E-state index contributed by atoms with van der Waals surface area (Å²) in [5.41, 5.74) is 11.4. The highest BCUT2D eigenvalue weighted by Gasteiger charge is 2.39. The number of rotatable bonds is 4. The molecule has 0 saturated heterocycles. The normalized spacial score (nSPS) is 13.4. The molecule has 0 saturated carbocycles. The maximum Gasteiger partial charge on any atom is 0.178 e. The van der Waals surface area contributed by atoms with Crippen molar-refractivity contribution in [3.63, 3.8) is 0 Å². The van der Waals surface area contributed by atoms with E-state index in [0.29, 0.717) is 17.3 Å². The summed E-state index contributed by atoms with van der Waals surface area (Å²) >= 11 is 1.80. The van der Waals surface area contributed by atoms with Crippen molar-refractivity contribution in [1.82, 2.24) is 9.97 Å². The Morgan fingerprint density at radius 3 is 2.07 bits per heavy atom. The van der Waals surface area contributed by atoms with Crippen molar-refractivity contribution in [1.29, 1.82) is 0 Å². The van der Waals surface area contributed by atoms with Crippen molar-refractivity contribution in [3.8, 4) is 79.2 Å². The van der Waals surface area contributed by atoms with Crippen LogP contribution < -0.4 is 9.47 Å². The molecule has 0 bridgehead atoms. The third kappa shape index (κ3) is 4.75. The van der Waals surface area contributed by atoms with Gasteiger partial charge < -0.3 is 9.47 Å². The van der Waals surface area contributed by atoms with E-state index in [9.17, 15) is 0 Å². The predicted octanol–water partition coefficient (Wildman–Crippen LogP) is 13.7. The second-order valence-electron chi connectivity index (χ2n) is 14.5. The lowest BCUT2D eigenvalue weighted by atomic mass is 9.82. The van der Waals surface area contributed by atoms with Gasteiger partial charge in [0.25, 0.3) is 0 Å². The van der Waals surface area contributed by atoms with Crippen LogP contribution in [0.15, 0.2) is 158 Å². The lowest BCUT2D eigenvalue weighted by molar-refractivity contribution is 0.361. The average Bonchev–Trinajstić information content (AvgIpc) is 3.71. The van der Waals surface area contributed by atoms with Crippen LogP contribution in [0.3, 0.4) is 0 Å². The summed E-state index contributed by atoms with van der Waals surface area (Å²) in [6.45, 7) is 4.56. The van der Waals surface area contributed by atoms with Crippen LogP contribution >= 0.6 is 11.3 Å². The van der Waals surface area contributed by atoms with E-state index in [1.165, 1.54) is 36.9 Å². The first-order chi connectivity index (χ1) is 26.5. The topological polar surface area (TPSA) is 44.2 Å². The molecule has 0 spiro atoms. The molecule has 2 aliphatic rings. The van der Waals surface area contributed by atoms with Crippen molar-refractivity contribution < 1.29 is 9.47 Å². The molecule has 2 aromatic heterocycles. The fourth-order valence-electron chi connectivity index (χ4n) is 8.27. The summed E-state index contributed by atoms with van der Waals surface area (Å²) in [4.78, 5) is 10.4. The molecule has 11 rings (SSSR count). The molecule has 3 heterocycles. The van der Waals surface area contributed by atoms with Crippen molar-refractivity contribution in [2.45, 2.75) is 19.3 Å². The summed E-state index contributed by atoms with van der Waals surface area (Å²) in [7, 11) is 0. The molecule has 7 aromatic carbocycles. The minimum atomic E-state index is -0.142. The quantitative estimate of drug-likeness (QED) is 0.182. The molecule has 1 aliphatic heterocycles. The number of benzene rings is 7. The fourth-order valence-corrected chi connectivity index (χ4v) is 9.41. The van der Waals surface area contributed by atoms with E-state index >= 15 is 0 Å². The predicted molar refractivity (Wildman–Crippen MR) is 221 cm³/mol. The Hall–Kier alpha value is -6.56. The second kappa shape index (κ2) is 11.7. The molecule has 0 amide bonds. The van der Waals surface area contributed by atoms with Gasteiger partial charge in [-0.1, -0.05) is 135 Å². The van der Waals surface area contributed by atoms with Gasteiger partial charge in [-0.25, -0.2) is 9.97 Å². The monoisotopic (exact) mass is 712 g/mol. The summed E-state index contributed by atoms with van der Waals surface area (Å²) in [5.74, 6) is 3.60. The van der Waals surface area contributed by atoms with Gasteiger partial charge in [0, 0.05) is 53.4 Å². The highest BCUT2D eigenvalue weighted by molar-refractivity contribution is 7.25. The molecule has 4 nitrogen and oxygen atoms in total. The van der Waals surface area contributed by atoms with E-state index in [4.69, 9.17) is 19.4 Å². The first kappa shape index (κ1) is 31.0. The lowest BCUT2D eigenvalue weighted by Gasteiger charge is -2.26. The van der Waals surface area contributed by atoms with Crippen molar-refractivity contribution in [2.24, 2.45) is 0 Å². The number of thiophene rings is 1. The maximum atomic E-state index is 6.96. The standard InChI is InChI=1S/C49H32N2O2S/c1-49(2)37-19-8-6-17-36(37)45-38(49)24-25-42-47(45)53-46-33(18-11-20-41(46)52-42)30-14-10-15-31(26-30)40-28-39(29-12-4-3-5-13-29)50-48(51-40)32-22-23-35-34-16-7-9-21-43(34)54-44(35)27-32/h3-28H,1-2H3. The second-order valence-corrected chi connectivity index (χ2v) is 15.6. The zero-order chi connectivity index (χ0) is 36.0. The molecule has 9 aromatic rings. The summed E-state index contributed by atoms with van der Waals surface area (Å²) in [5, 5.41) is 2.53. The number of aromatic nitrogens is 2. The molecule has 1 aliphatic carbocycles. The Morgan fingerprint density at radius 2 is 1.17 bits per heavy atom. The van der Waals surface area contributed by atoms with Crippen LogP contribution in [-0.4, -0.2) is 9.97 Å². The number of ether oxygens (including phenoxy) is 2. The van der Waals surface area contributed by atoms with Gasteiger partial charge in [0.05, 0.1) is 11.4 Å². The number of hydrogen-bond donors (Lipinski definition) is 0. The van der Waals surface area contributed by atoms with Gasteiger partial charge in [-0.15, -0.1) is 11.3 Å². The van der Waals surface area contributed by atoms with Crippen LogP contribution in [0.2, 0.25) is 0 Å². The van der Waals surface area contributed by atoms with Gasteiger partial charge >= 0.3 is 0 Å². The first-order valence-electron chi connectivity index (χ1n) is 18.2. The SMILES string of the molecule is CC1(C)c2ccccc2-c2c1ccc1c2Oc2c(cccc2-c2cccc(-c3cc(-c4ccccc4)nc(-c4ccc5c(c4)sc4ccccc45)n3)c2)O1. The van der Waals surface area contributed by atoms with Gasteiger partial charge in [-0.2, -0.15) is 0 Å². The number of nitrogens with zero attached hydrogens (tertiary/aromatic N) is 2. The van der Waals surface area contributed by atoms with Crippen LogP contribution in [0.25, 0.3) is 76.3 Å². The van der Waals surface area contributed by atoms with Gasteiger partial charge in [-0.3, -0.25) is 0 Å². The molecule has 0 radical (unpaired) electrons. The van der Waals surface area contributed by atoms with Gasteiger partial charge in [0.15, 0.2) is 28.8 Å². The molecular weight excluding hydrogens is 681 g/mol. The van der Waals surface area contributed by atoms with Crippen LogP contribution in [0.1, 0.15) is 25.0 Å². The summed E-state index contributed by atoms with van der Waals surface area (Å²) < 4.78 is 16.1. The molecule has 0 unspecified atom stereocenters. The Labute approximate surface area is 317 Å². The number of hydrogen-bond acceptors (Lipinski definition) is 5. The fraction of sp³-hybridized carbons (Fsp3) is 0.0612. The van der Waals surface area contributed by atoms with Crippen LogP contribution in [0, 0.1) is 0 Å². The summed E-state index contributed by atoms with van der Waals surface area (Å²) in [6.07, 6.45) is 0. The van der Waals surface area contributed by atoms with Crippen molar-refractivity contribution in [2.75, 3.05) is 0 Å². The Balaban J connectivity index is 1.03. The Morgan fingerprint density at radius 1 is 0.463 bits per heavy atom. The largest absolute Gasteiger partial charge is 0.449 e. The third-order valence-electron chi connectivity index (χ3n) is 11.0. The number of fused-ring (bicyclic) bond motifs is 9. The van der Waals surface area contributed by atoms with Gasteiger partial charge in [-0.05, 0) is 58.7 Å². The third-order valence-corrected chi connectivity index (χ3v) is 12.1. The molecular formula is C49H32N2O2S. The van der Waals surface area contributed by atoms with E-state index in [-0.39, 0.29) is 5.41 Å². The van der Waals surface area contributed by atoms with E-state index in [0.717, 1.165) is 56.3 Å². The van der Waals surface area contributed by atoms with Gasteiger partial charge in [0.1, 0.15) is 0 Å². The maximum absolute atomic E-state index is 6.96. The zero-order valence-corrected chi connectivity index (χ0v) is 30.4.